The standard InChI is InChI=1S/C16H31N3/c1-2-3-4-5-6-7-8-9-10-11-12-13-15-14-18-16(17)19-15/h14H,2-13H2,1H3,(H3,17,18,19). The Morgan fingerprint density at radius 2 is 1.42 bits per heavy atom. The van der Waals surface area contributed by atoms with Gasteiger partial charge < -0.3 is 10.7 Å². The van der Waals surface area contributed by atoms with Gasteiger partial charge in [-0.25, -0.2) is 4.98 Å². The molecule has 19 heavy (non-hydrogen) atoms. The van der Waals surface area contributed by atoms with E-state index in [1.165, 1.54) is 76.3 Å². The average molecular weight is 265 g/mol. The molecule has 0 amide bonds. The van der Waals surface area contributed by atoms with Crippen molar-refractivity contribution in [3.05, 3.63) is 11.9 Å². The number of aromatic amines is 1. The van der Waals surface area contributed by atoms with Crippen LogP contribution in [0.1, 0.15) is 83.2 Å². The van der Waals surface area contributed by atoms with E-state index in [-0.39, 0.29) is 0 Å². The molecule has 0 radical (unpaired) electrons. The highest BCUT2D eigenvalue weighted by atomic mass is 15.0. The molecular formula is C16H31N3. The minimum absolute atomic E-state index is 0.540. The Hall–Kier alpha value is -0.990. The second kappa shape index (κ2) is 10.9. The fraction of sp³-hybridized carbons (Fsp3) is 0.812. The Kier molecular flexibility index (Phi) is 9.21. The maximum atomic E-state index is 5.54. The van der Waals surface area contributed by atoms with Gasteiger partial charge in [0.05, 0.1) is 6.20 Å². The van der Waals surface area contributed by atoms with Crippen LogP contribution in [0.15, 0.2) is 6.20 Å². The molecule has 0 saturated carbocycles. The van der Waals surface area contributed by atoms with Crippen LogP contribution in [0.25, 0.3) is 0 Å². The van der Waals surface area contributed by atoms with Crippen molar-refractivity contribution in [2.24, 2.45) is 0 Å². The van der Waals surface area contributed by atoms with Crippen molar-refractivity contribution >= 4 is 5.95 Å². The van der Waals surface area contributed by atoms with Gasteiger partial charge in [0.15, 0.2) is 5.95 Å². The summed E-state index contributed by atoms with van der Waals surface area (Å²) in [7, 11) is 0. The number of anilines is 1. The van der Waals surface area contributed by atoms with E-state index in [4.69, 9.17) is 5.73 Å². The Bertz CT molecular complexity index is 307. The third kappa shape index (κ3) is 8.68. The van der Waals surface area contributed by atoms with Gasteiger partial charge in [-0.3, -0.25) is 0 Å². The second-order valence-corrected chi connectivity index (χ2v) is 5.58. The van der Waals surface area contributed by atoms with Gasteiger partial charge in [-0.1, -0.05) is 71.1 Å². The first kappa shape index (κ1) is 16.1. The third-order valence-electron chi connectivity index (χ3n) is 3.70. The lowest BCUT2D eigenvalue weighted by Gasteiger charge is -2.02. The predicted molar refractivity (Wildman–Crippen MR) is 83.2 cm³/mol. The van der Waals surface area contributed by atoms with Crippen LogP contribution < -0.4 is 5.73 Å². The molecule has 0 aromatic carbocycles. The number of nitrogens with zero attached hydrogens (tertiary/aromatic N) is 1. The Morgan fingerprint density at radius 3 is 1.89 bits per heavy atom. The molecule has 0 aliphatic heterocycles. The van der Waals surface area contributed by atoms with Crippen LogP contribution in [0, 0.1) is 0 Å². The van der Waals surface area contributed by atoms with E-state index in [0.717, 1.165) is 6.42 Å². The summed E-state index contributed by atoms with van der Waals surface area (Å²) in [5.41, 5.74) is 6.72. The molecule has 110 valence electrons. The van der Waals surface area contributed by atoms with Gasteiger partial charge in [0.1, 0.15) is 0 Å². The normalized spacial score (nSPS) is 11.0. The van der Waals surface area contributed by atoms with Crippen molar-refractivity contribution in [1.82, 2.24) is 9.97 Å². The molecular weight excluding hydrogens is 234 g/mol. The van der Waals surface area contributed by atoms with Crippen molar-refractivity contribution in [3.8, 4) is 0 Å². The van der Waals surface area contributed by atoms with Crippen LogP contribution in [-0.2, 0) is 6.42 Å². The van der Waals surface area contributed by atoms with Gasteiger partial charge >= 0.3 is 0 Å². The number of nitrogens with one attached hydrogen (secondary N) is 1. The molecule has 3 heteroatoms. The summed E-state index contributed by atoms with van der Waals surface area (Å²) >= 11 is 0. The number of aryl methyl sites for hydroxylation is 1. The minimum atomic E-state index is 0.540. The minimum Gasteiger partial charge on any atom is -0.369 e. The Labute approximate surface area is 118 Å². The van der Waals surface area contributed by atoms with E-state index in [1.54, 1.807) is 0 Å². The monoisotopic (exact) mass is 265 g/mol. The topological polar surface area (TPSA) is 54.7 Å². The zero-order chi connectivity index (χ0) is 13.8. The lowest BCUT2D eigenvalue weighted by Crippen LogP contribution is -1.89. The van der Waals surface area contributed by atoms with Crippen LogP contribution >= 0.6 is 0 Å². The number of nitrogen functional groups attached to an aromatic ring is 1. The quantitative estimate of drug-likeness (QED) is 0.531. The zero-order valence-electron chi connectivity index (χ0n) is 12.6. The van der Waals surface area contributed by atoms with E-state index < -0.39 is 0 Å². The fourth-order valence-electron chi connectivity index (χ4n) is 2.48. The number of rotatable bonds is 12. The number of hydrogen-bond donors (Lipinski definition) is 2. The van der Waals surface area contributed by atoms with Crippen molar-refractivity contribution in [2.45, 2.75) is 84.0 Å². The first-order valence-corrected chi connectivity index (χ1v) is 8.12. The van der Waals surface area contributed by atoms with Gasteiger partial charge in [-0.15, -0.1) is 0 Å². The first-order valence-electron chi connectivity index (χ1n) is 8.12. The van der Waals surface area contributed by atoms with Crippen molar-refractivity contribution in [2.75, 3.05) is 5.73 Å². The molecule has 0 bridgehead atoms. The highest BCUT2D eigenvalue weighted by Crippen LogP contribution is 2.12. The summed E-state index contributed by atoms with van der Waals surface area (Å²) in [6.45, 7) is 2.28. The molecule has 0 unspecified atom stereocenters. The fourth-order valence-corrected chi connectivity index (χ4v) is 2.48. The molecule has 3 N–H and O–H groups in total. The van der Waals surface area contributed by atoms with Gasteiger partial charge in [0.25, 0.3) is 0 Å². The van der Waals surface area contributed by atoms with E-state index in [0.29, 0.717) is 5.95 Å². The number of hydrogen-bond acceptors (Lipinski definition) is 2. The maximum Gasteiger partial charge on any atom is 0.197 e. The molecule has 0 saturated heterocycles. The lowest BCUT2D eigenvalue weighted by atomic mass is 10.0. The van der Waals surface area contributed by atoms with E-state index >= 15 is 0 Å². The highest BCUT2D eigenvalue weighted by molar-refractivity contribution is 5.18. The summed E-state index contributed by atoms with van der Waals surface area (Å²) in [4.78, 5) is 7.09. The highest BCUT2D eigenvalue weighted by Gasteiger charge is 1.97. The van der Waals surface area contributed by atoms with E-state index in [1.807, 2.05) is 6.20 Å². The molecule has 1 heterocycles. The molecule has 1 aromatic heterocycles. The smallest absolute Gasteiger partial charge is 0.197 e. The molecule has 0 aliphatic carbocycles. The Balaban J connectivity index is 1.79. The summed E-state index contributed by atoms with van der Waals surface area (Å²) in [5, 5.41) is 0. The number of nitrogens with two attached hydrogens (primary N) is 1. The number of imidazole rings is 1. The van der Waals surface area contributed by atoms with Crippen LogP contribution in [0.3, 0.4) is 0 Å². The van der Waals surface area contributed by atoms with Gasteiger partial charge in [0.2, 0.25) is 0 Å². The zero-order valence-corrected chi connectivity index (χ0v) is 12.6. The van der Waals surface area contributed by atoms with Crippen LogP contribution in [0.4, 0.5) is 5.95 Å². The average Bonchev–Trinajstić information content (AvgIpc) is 2.82. The predicted octanol–water partition coefficient (Wildman–Crippen LogP) is 4.85. The van der Waals surface area contributed by atoms with Crippen molar-refractivity contribution in [3.63, 3.8) is 0 Å². The molecule has 0 fully saturated rings. The Morgan fingerprint density at radius 1 is 0.895 bits per heavy atom. The lowest BCUT2D eigenvalue weighted by molar-refractivity contribution is 0.549. The first-order chi connectivity index (χ1) is 9.33. The maximum absolute atomic E-state index is 5.54. The SMILES string of the molecule is CCCCCCCCCCCCCc1cnc(N)[nH]1. The summed E-state index contributed by atoms with van der Waals surface area (Å²) < 4.78 is 0. The summed E-state index contributed by atoms with van der Waals surface area (Å²) in [5.74, 6) is 0.540. The van der Waals surface area contributed by atoms with Gasteiger partial charge in [-0.2, -0.15) is 0 Å². The van der Waals surface area contributed by atoms with E-state index in [9.17, 15) is 0 Å². The van der Waals surface area contributed by atoms with Crippen LogP contribution in [0.2, 0.25) is 0 Å². The number of aromatic nitrogens is 2. The molecule has 3 nitrogen and oxygen atoms in total. The second-order valence-electron chi connectivity index (χ2n) is 5.58. The third-order valence-corrected chi connectivity index (χ3v) is 3.70. The molecule has 1 aromatic rings. The van der Waals surface area contributed by atoms with Crippen LogP contribution in [0.5, 0.6) is 0 Å². The molecule has 1 rings (SSSR count). The van der Waals surface area contributed by atoms with Crippen molar-refractivity contribution < 1.29 is 0 Å². The largest absolute Gasteiger partial charge is 0.369 e. The van der Waals surface area contributed by atoms with Crippen LogP contribution in [-0.4, -0.2) is 9.97 Å². The molecule has 0 atom stereocenters. The van der Waals surface area contributed by atoms with E-state index in [2.05, 4.69) is 16.9 Å². The number of H-pyrrole nitrogens is 1. The summed E-state index contributed by atoms with van der Waals surface area (Å²) in [6, 6.07) is 0. The van der Waals surface area contributed by atoms with Gasteiger partial charge in [0, 0.05) is 5.69 Å². The molecule has 0 spiro atoms. The van der Waals surface area contributed by atoms with Crippen molar-refractivity contribution in [1.29, 1.82) is 0 Å². The number of unbranched alkanes of at least 4 members (excludes halogenated alkanes) is 10. The molecule has 0 aliphatic rings. The van der Waals surface area contributed by atoms with Gasteiger partial charge in [-0.05, 0) is 12.8 Å². The summed E-state index contributed by atoms with van der Waals surface area (Å²) in [6.07, 6.45) is 18.2.